The van der Waals surface area contributed by atoms with Crippen molar-refractivity contribution < 1.29 is 14.2 Å². The summed E-state index contributed by atoms with van der Waals surface area (Å²) in [5.74, 6) is 2.48. The van der Waals surface area contributed by atoms with E-state index in [1.165, 1.54) is 12.8 Å². The third-order valence-corrected chi connectivity index (χ3v) is 6.12. The summed E-state index contributed by atoms with van der Waals surface area (Å²) in [5.41, 5.74) is 4.49. The molecule has 1 aromatic carbocycles. The molecule has 0 aliphatic heterocycles. The van der Waals surface area contributed by atoms with Crippen LogP contribution in [0.2, 0.25) is 0 Å². The predicted molar refractivity (Wildman–Crippen MR) is 114 cm³/mol. The molecule has 3 aromatic rings. The highest BCUT2D eigenvalue weighted by atomic mass is 16.5. The molecule has 0 bridgehead atoms. The van der Waals surface area contributed by atoms with Crippen molar-refractivity contribution in [3.8, 4) is 28.5 Å². The van der Waals surface area contributed by atoms with Crippen LogP contribution in [0.5, 0.6) is 17.2 Å². The van der Waals surface area contributed by atoms with Crippen LogP contribution in [-0.2, 0) is 5.41 Å². The Labute approximate surface area is 171 Å². The molecule has 1 aliphatic carbocycles. The van der Waals surface area contributed by atoms with Crippen molar-refractivity contribution >= 4 is 11.2 Å². The standard InChI is InChI=1S/C23H29N3O3/c1-14-7-6-9-23(2,13-14)21-19(25-16-8-10-24-22(16)26-21)15-11-17(27-3)20(29-5)18(12-15)28-4/h8,10-12,14H,6-7,9,13H2,1-5H3,(H,24,26). The van der Waals surface area contributed by atoms with Gasteiger partial charge in [0.05, 0.1) is 32.7 Å². The first-order valence-corrected chi connectivity index (χ1v) is 10.1. The quantitative estimate of drug-likeness (QED) is 0.649. The fourth-order valence-electron chi connectivity index (χ4n) is 4.74. The van der Waals surface area contributed by atoms with Crippen LogP contribution in [0.3, 0.4) is 0 Å². The lowest BCUT2D eigenvalue weighted by molar-refractivity contribution is 0.247. The highest BCUT2D eigenvalue weighted by Gasteiger charge is 2.36. The third-order valence-electron chi connectivity index (χ3n) is 6.12. The number of fused-ring (bicyclic) bond motifs is 1. The zero-order valence-corrected chi connectivity index (χ0v) is 17.8. The second-order valence-electron chi connectivity index (χ2n) is 8.31. The van der Waals surface area contributed by atoms with Crippen LogP contribution in [0, 0.1) is 5.92 Å². The highest BCUT2D eigenvalue weighted by Crippen LogP contribution is 2.46. The maximum atomic E-state index is 5.58. The molecular formula is C23H29N3O3. The molecule has 1 saturated carbocycles. The number of hydrogen-bond acceptors (Lipinski definition) is 5. The molecule has 0 spiro atoms. The maximum absolute atomic E-state index is 5.58. The Morgan fingerprint density at radius 1 is 1.07 bits per heavy atom. The molecule has 6 heteroatoms. The van der Waals surface area contributed by atoms with Gasteiger partial charge >= 0.3 is 0 Å². The molecule has 2 heterocycles. The maximum Gasteiger partial charge on any atom is 0.203 e. The van der Waals surface area contributed by atoms with Gasteiger partial charge in [-0.25, -0.2) is 9.97 Å². The number of methoxy groups -OCH3 is 3. The van der Waals surface area contributed by atoms with Crippen LogP contribution in [-0.4, -0.2) is 36.3 Å². The molecule has 0 saturated heterocycles. The van der Waals surface area contributed by atoms with E-state index in [4.69, 9.17) is 24.2 Å². The van der Waals surface area contributed by atoms with E-state index in [-0.39, 0.29) is 5.41 Å². The van der Waals surface area contributed by atoms with E-state index >= 15 is 0 Å². The summed E-state index contributed by atoms with van der Waals surface area (Å²) in [7, 11) is 4.88. The average Bonchev–Trinajstić information content (AvgIpc) is 3.19. The van der Waals surface area contributed by atoms with E-state index in [2.05, 4.69) is 18.8 Å². The summed E-state index contributed by atoms with van der Waals surface area (Å²) >= 11 is 0. The smallest absolute Gasteiger partial charge is 0.203 e. The fourth-order valence-corrected chi connectivity index (χ4v) is 4.74. The Morgan fingerprint density at radius 3 is 2.41 bits per heavy atom. The number of nitrogens with one attached hydrogen (secondary N) is 1. The van der Waals surface area contributed by atoms with Crippen LogP contribution in [0.15, 0.2) is 24.4 Å². The Kier molecular flexibility index (Phi) is 5.11. The Hall–Kier alpha value is -2.76. The molecule has 0 amide bonds. The minimum Gasteiger partial charge on any atom is -0.493 e. The molecular weight excluding hydrogens is 366 g/mol. The van der Waals surface area contributed by atoms with E-state index in [9.17, 15) is 0 Å². The lowest BCUT2D eigenvalue weighted by atomic mass is 9.68. The van der Waals surface area contributed by atoms with Crippen LogP contribution < -0.4 is 14.2 Å². The van der Waals surface area contributed by atoms with E-state index in [0.29, 0.717) is 23.2 Å². The first-order chi connectivity index (χ1) is 14.0. The minimum absolute atomic E-state index is 0.0281. The van der Waals surface area contributed by atoms with Gasteiger partial charge < -0.3 is 19.2 Å². The number of aromatic nitrogens is 3. The molecule has 1 N–H and O–H groups in total. The van der Waals surface area contributed by atoms with Crippen LogP contribution >= 0.6 is 0 Å². The van der Waals surface area contributed by atoms with Gasteiger partial charge in [0.25, 0.3) is 0 Å². The Bertz CT molecular complexity index is 1000. The van der Waals surface area contributed by atoms with Gasteiger partial charge in [-0.05, 0) is 37.0 Å². The van der Waals surface area contributed by atoms with Crippen molar-refractivity contribution in [1.82, 2.24) is 15.0 Å². The number of rotatable bonds is 5. The molecule has 0 radical (unpaired) electrons. The Morgan fingerprint density at radius 2 is 1.79 bits per heavy atom. The van der Waals surface area contributed by atoms with Gasteiger partial charge in [0.1, 0.15) is 5.52 Å². The van der Waals surface area contributed by atoms with Gasteiger partial charge in [-0.1, -0.05) is 26.7 Å². The number of benzene rings is 1. The topological polar surface area (TPSA) is 69.3 Å². The summed E-state index contributed by atoms with van der Waals surface area (Å²) < 4.78 is 16.7. The first-order valence-electron chi connectivity index (χ1n) is 10.1. The summed E-state index contributed by atoms with van der Waals surface area (Å²) in [6, 6.07) is 5.88. The van der Waals surface area contributed by atoms with Crippen molar-refractivity contribution in [2.24, 2.45) is 5.92 Å². The van der Waals surface area contributed by atoms with Crippen LogP contribution in [0.4, 0.5) is 0 Å². The van der Waals surface area contributed by atoms with Crippen molar-refractivity contribution in [1.29, 1.82) is 0 Å². The number of H-pyrrole nitrogens is 1. The first kappa shape index (κ1) is 19.6. The number of ether oxygens (including phenoxy) is 3. The molecule has 2 unspecified atom stereocenters. The van der Waals surface area contributed by atoms with Gasteiger partial charge in [-0.15, -0.1) is 0 Å². The summed E-state index contributed by atoms with van der Waals surface area (Å²) in [6.07, 6.45) is 6.57. The molecule has 6 nitrogen and oxygen atoms in total. The zero-order chi connectivity index (χ0) is 20.6. The number of hydrogen-bond donors (Lipinski definition) is 1. The van der Waals surface area contributed by atoms with Crippen molar-refractivity contribution in [2.75, 3.05) is 21.3 Å². The van der Waals surface area contributed by atoms with Gasteiger partial charge in [-0.3, -0.25) is 0 Å². The van der Waals surface area contributed by atoms with Gasteiger partial charge in [-0.2, -0.15) is 0 Å². The van der Waals surface area contributed by atoms with Crippen LogP contribution in [0.25, 0.3) is 22.4 Å². The lowest BCUT2D eigenvalue weighted by Gasteiger charge is -2.37. The molecule has 2 aromatic heterocycles. The monoisotopic (exact) mass is 395 g/mol. The van der Waals surface area contributed by atoms with Crippen molar-refractivity contribution in [3.63, 3.8) is 0 Å². The van der Waals surface area contributed by atoms with Gasteiger partial charge in [0.15, 0.2) is 17.1 Å². The largest absolute Gasteiger partial charge is 0.493 e. The zero-order valence-electron chi connectivity index (χ0n) is 17.8. The SMILES string of the molecule is COc1cc(-c2nc3cc[nH]c3nc2C2(C)CCCC(C)C2)cc(OC)c1OC. The number of aromatic amines is 1. The average molecular weight is 396 g/mol. The van der Waals surface area contributed by atoms with E-state index in [0.717, 1.165) is 41.0 Å². The Balaban J connectivity index is 1.96. The van der Waals surface area contributed by atoms with Gasteiger partial charge in [0.2, 0.25) is 5.75 Å². The van der Waals surface area contributed by atoms with E-state index in [1.54, 1.807) is 21.3 Å². The van der Waals surface area contributed by atoms with Crippen molar-refractivity contribution in [2.45, 2.75) is 44.9 Å². The fraction of sp³-hybridized carbons (Fsp3) is 0.478. The summed E-state index contributed by atoms with van der Waals surface area (Å²) in [4.78, 5) is 13.3. The minimum atomic E-state index is -0.0281. The summed E-state index contributed by atoms with van der Waals surface area (Å²) in [5, 5.41) is 0. The van der Waals surface area contributed by atoms with E-state index < -0.39 is 0 Å². The van der Waals surface area contributed by atoms with Crippen molar-refractivity contribution in [3.05, 3.63) is 30.1 Å². The predicted octanol–water partition coefficient (Wildman–Crippen LogP) is 5.12. The summed E-state index contributed by atoms with van der Waals surface area (Å²) in [6.45, 7) is 4.65. The molecule has 154 valence electrons. The molecule has 4 rings (SSSR count). The molecule has 29 heavy (non-hydrogen) atoms. The second kappa shape index (κ2) is 7.58. The lowest BCUT2D eigenvalue weighted by Crippen LogP contribution is -2.31. The second-order valence-corrected chi connectivity index (χ2v) is 8.31. The van der Waals surface area contributed by atoms with E-state index in [1.807, 2.05) is 24.4 Å². The van der Waals surface area contributed by atoms with Gasteiger partial charge in [0, 0.05) is 17.2 Å². The van der Waals surface area contributed by atoms with Crippen LogP contribution in [0.1, 0.15) is 45.2 Å². The number of nitrogens with zero attached hydrogens (tertiary/aromatic N) is 2. The normalized spacial score (nSPS) is 21.9. The third kappa shape index (κ3) is 3.41. The molecule has 1 aliphatic rings. The molecule has 2 atom stereocenters. The molecule has 1 fully saturated rings. The highest BCUT2D eigenvalue weighted by molar-refractivity contribution is 5.78.